The molecule has 0 saturated carbocycles. The molecule has 0 saturated heterocycles. The van der Waals surface area contributed by atoms with Gasteiger partial charge in [-0.2, -0.15) is 0 Å². The molecular weight excluding hydrogens is 1430 g/mol. The zero-order chi connectivity index (χ0) is 75.7. The van der Waals surface area contributed by atoms with Crippen molar-refractivity contribution in [2.24, 2.45) is 0 Å². The SMILES string of the molecule is CC(C)c1cc(C(c2ccccc2)c2ccccc2)c([N]([Ge][C@@H]2C=C[C@H]([Ge][N](c3c(C(c4ccccc4)c4ccccc4)cc(C(C)C)cc3C(c3ccccc3)c3ccccc3)[Si](C(C)C)(C(C)C)C(C)C)CC2)[Si](C(C)C)(C(C)C)C(C)C)c(C(c2ccccc2)c2ccccc2)c1.CCCCCC. The maximum atomic E-state index is 3.36. The molecule has 2 atom stereocenters. The minimum absolute atomic E-state index is 0.0143. The van der Waals surface area contributed by atoms with Gasteiger partial charge in [-0.3, -0.25) is 0 Å². The molecule has 2 nitrogen and oxygen atoms in total. The van der Waals surface area contributed by atoms with Gasteiger partial charge in [0.05, 0.1) is 0 Å². The van der Waals surface area contributed by atoms with Crippen molar-refractivity contribution >= 4 is 59.2 Å². The van der Waals surface area contributed by atoms with Crippen LogP contribution in [0.5, 0.6) is 0 Å². The third-order valence-corrected chi connectivity index (χ3v) is 48.4. The first kappa shape index (κ1) is 81.6. The molecule has 1 aliphatic carbocycles. The van der Waals surface area contributed by atoms with Crippen molar-refractivity contribution < 1.29 is 0 Å². The van der Waals surface area contributed by atoms with Crippen molar-refractivity contribution in [3.8, 4) is 0 Å². The average molecular weight is 1560 g/mol. The predicted octanol–water partition coefficient (Wildman–Crippen LogP) is 29.1. The number of rotatable bonds is 31. The molecule has 0 unspecified atom stereocenters. The molecule has 4 radical (unpaired) electrons. The van der Waals surface area contributed by atoms with E-state index < -0.39 is 47.8 Å². The summed E-state index contributed by atoms with van der Waals surface area (Å²) in [5.74, 6) is 0.684. The van der Waals surface area contributed by atoms with Crippen molar-refractivity contribution in [2.75, 3.05) is 7.05 Å². The van der Waals surface area contributed by atoms with Gasteiger partial charge < -0.3 is 0 Å². The molecule has 552 valence electrons. The summed E-state index contributed by atoms with van der Waals surface area (Å²) in [7, 11) is -5.07. The Bertz CT molecular complexity index is 3590. The predicted molar refractivity (Wildman–Crippen MR) is 471 cm³/mol. The standard InChI is InChI=1S/C94H112Ge2N2Si2.C6H14/c1-65(2)81-61-85(89(73-41-25-17-26-42-73)74-43-27-18-28-44-74)93(86(62-81)90(75-45-29-19-30-46-75)76-47-31-20-32-48-76)97(99(67(5)6,68(7)8)69(9)10)95-83-57-59-84(60-58-83)96-98(100(70(11)12,71(13)14)72(15)16)94-87(91(77-49-33-21-34-50-77)78-51-35-22-36-52-78)63-82(66(3)4)64-88(94)92(79-53-37-23-38-54-79)80-55-39-24-40-56-80;1-3-5-6-4-2/h17-57,59,61-72,83-84,89-92H,58,60H2,1-16H3;3-6H2,1-2H3/t83-,84+;. The number of allylic oxidation sites excluding steroid dienone is 2. The fourth-order valence-corrected chi connectivity index (χ4v) is 51.2. The zero-order valence-electron chi connectivity index (χ0n) is 67.8. The summed E-state index contributed by atoms with van der Waals surface area (Å²) in [6.45, 7) is 45.7. The second-order valence-electron chi connectivity index (χ2n) is 32.9. The van der Waals surface area contributed by atoms with E-state index in [1.54, 1.807) is 0 Å². The maximum absolute atomic E-state index is 3.36. The van der Waals surface area contributed by atoms with E-state index in [1.807, 2.05) is 0 Å². The van der Waals surface area contributed by atoms with Gasteiger partial charge in [-0.1, -0.05) is 39.5 Å². The van der Waals surface area contributed by atoms with E-state index in [4.69, 9.17) is 0 Å². The van der Waals surface area contributed by atoms with Crippen LogP contribution in [0.25, 0.3) is 0 Å². The molecule has 6 heteroatoms. The van der Waals surface area contributed by atoms with Gasteiger partial charge in [0, 0.05) is 0 Å². The van der Waals surface area contributed by atoms with Gasteiger partial charge in [-0.15, -0.1) is 0 Å². The Labute approximate surface area is 659 Å². The van der Waals surface area contributed by atoms with Crippen LogP contribution in [0.3, 0.4) is 0 Å². The topological polar surface area (TPSA) is 6.48 Å². The number of nitrogens with zero attached hydrogens (tertiary/aromatic N) is 2. The van der Waals surface area contributed by atoms with Gasteiger partial charge in [0.25, 0.3) is 0 Å². The first-order valence-electron chi connectivity index (χ1n) is 40.8. The molecule has 10 aromatic rings. The van der Waals surface area contributed by atoms with Crippen LogP contribution in [-0.2, 0) is 0 Å². The van der Waals surface area contributed by atoms with Crippen LogP contribution in [-0.4, -0.2) is 47.8 Å². The summed E-state index contributed by atoms with van der Waals surface area (Å²) in [6, 6.07) is 103. The molecule has 0 aromatic heterocycles. The Morgan fingerprint density at radius 2 is 0.453 bits per heavy atom. The van der Waals surface area contributed by atoms with Crippen LogP contribution in [0.2, 0.25) is 42.7 Å². The van der Waals surface area contributed by atoms with Crippen molar-refractivity contribution in [3.05, 3.63) is 357 Å². The fraction of sp³-hybridized carbons (Fsp3) is 0.380. The van der Waals surface area contributed by atoms with Gasteiger partial charge in [0.15, 0.2) is 0 Å². The van der Waals surface area contributed by atoms with Crippen molar-refractivity contribution in [2.45, 2.75) is 241 Å². The Kier molecular flexibility index (Phi) is 29.6. The molecule has 0 aliphatic heterocycles. The van der Waals surface area contributed by atoms with Gasteiger partial charge in [-0.25, -0.2) is 0 Å². The van der Waals surface area contributed by atoms with Gasteiger partial charge in [0.1, 0.15) is 0 Å². The minimum Gasteiger partial charge on any atom is -0.0654 e. The van der Waals surface area contributed by atoms with E-state index >= 15 is 0 Å². The van der Waals surface area contributed by atoms with E-state index in [0.29, 0.717) is 54.6 Å². The van der Waals surface area contributed by atoms with Crippen LogP contribution in [0.4, 0.5) is 11.4 Å². The minimum atomic E-state index is -2.53. The number of benzene rings is 10. The summed E-state index contributed by atoms with van der Waals surface area (Å²) in [5, 5.41) is 0. The second-order valence-corrected chi connectivity index (χ2v) is 52.3. The maximum Gasteiger partial charge on any atom is -0.0536 e. The van der Waals surface area contributed by atoms with E-state index in [0.717, 1.165) is 0 Å². The van der Waals surface area contributed by atoms with Crippen molar-refractivity contribution in [1.82, 2.24) is 0 Å². The summed E-state index contributed by atoms with van der Waals surface area (Å²) < 4.78 is 7.65. The first-order valence-corrected chi connectivity index (χ1v) is 49.4. The van der Waals surface area contributed by atoms with Crippen LogP contribution >= 0.6 is 0 Å². The largest absolute Gasteiger partial charge is 0.0654 e. The number of hydrogen-bond donors (Lipinski definition) is 0. The quantitative estimate of drug-likeness (QED) is 0.0185. The average Bonchev–Trinajstić information content (AvgIpc) is 0.729. The molecule has 0 spiro atoms. The zero-order valence-corrected chi connectivity index (χ0v) is 74.0. The summed E-state index contributed by atoms with van der Waals surface area (Å²) >= 11 is -1.83. The molecule has 106 heavy (non-hydrogen) atoms. The molecule has 10 aromatic carbocycles. The van der Waals surface area contributed by atoms with Gasteiger partial charge in [-0.05, 0) is 0 Å². The van der Waals surface area contributed by atoms with Crippen LogP contribution in [0.15, 0.2) is 279 Å². The molecule has 0 bridgehead atoms. The van der Waals surface area contributed by atoms with E-state index in [2.05, 4.69) is 411 Å². The molecule has 11 rings (SSSR count). The molecule has 1 aliphatic rings. The van der Waals surface area contributed by atoms with Crippen LogP contribution in [0, 0.1) is 0 Å². The number of unbranched alkanes of at least 4 members (excludes halogenated alkanes) is 3. The molecular formula is C100H126Ge2N2Si2. The van der Waals surface area contributed by atoms with Crippen LogP contribution < -0.4 is 7.05 Å². The van der Waals surface area contributed by atoms with E-state index in [9.17, 15) is 0 Å². The number of anilines is 2. The first-order chi connectivity index (χ1) is 51.2. The fourth-order valence-electron chi connectivity index (χ4n) is 19.0. The molecule has 0 fully saturated rings. The van der Waals surface area contributed by atoms with Crippen LogP contribution in [0.1, 0.15) is 277 Å². The second kappa shape index (κ2) is 38.4. The Morgan fingerprint density at radius 1 is 0.274 bits per heavy atom. The monoisotopic (exact) mass is 1560 g/mol. The number of hydrogen-bond acceptors (Lipinski definition) is 2. The van der Waals surface area contributed by atoms with Gasteiger partial charge >= 0.3 is 625 Å². The molecule has 0 heterocycles. The third kappa shape index (κ3) is 18.2. The summed E-state index contributed by atoms with van der Waals surface area (Å²) in [5.41, 5.74) is 25.5. The normalized spacial score (nSPS) is 14.3. The third-order valence-electron chi connectivity index (χ3n) is 23.7. The van der Waals surface area contributed by atoms with Crippen molar-refractivity contribution in [1.29, 1.82) is 0 Å². The van der Waals surface area contributed by atoms with Gasteiger partial charge in [0.2, 0.25) is 0 Å². The van der Waals surface area contributed by atoms with Crippen molar-refractivity contribution in [3.63, 3.8) is 0 Å². The van der Waals surface area contributed by atoms with E-state index in [-0.39, 0.29) is 23.7 Å². The Morgan fingerprint density at radius 3 is 0.594 bits per heavy atom. The summed E-state index contributed by atoms with van der Waals surface area (Å²) in [4.78, 5) is 0. The Hall–Kier alpha value is -6.94. The smallest absolute Gasteiger partial charge is 0.0536 e. The Balaban J connectivity index is 0.00000192. The molecule has 0 amide bonds. The van der Waals surface area contributed by atoms with E-state index in [1.165, 1.54) is 128 Å². The summed E-state index contributed by atoms with van der Waals surface area (Å²) in [6.07, 6.45) is 13.6. The molecule has 0 N–H and O–H groups in total.